The molecule has 1 aromatic heterocycles. The average molecular weight is 265 g/mol. The molecule has 0 amide bonds. The van der Waals surface area contributed by atoms with E-state index in [2.05, 4.69) is 26.0 Å². The van der Waals surface area contributed by atoms with E-state index in [0.29, 0.717) is 6.04 Å². The Morgan fingerprint density at radius 3 is 2.67 bits per heavy atom. The van der Waals surface area contributed by atoms with Crippen LogP contribution in [0.1, 0.15) is 55.7 Å². The highest BCUT2D eigenvalue weighted by Crippen LogP contribution is 2.34. The molecule has 2 heteroatoms. The van der Waals surface area contributed by atoms with Gasteiger partial charge in [0.25, 0.3) is 0 Å². The number of hydrogen-bond donors (Lipinski definition) is 1. The third-order valence-electron chi connectivity index (χ3n) is 4.38. The minimum atomic E-state index is 0.435. The fraction of sp³-hybridized carbons (Fsp3) is 0.750. The van der Waals surface area contributed by atoms with Crippen LogP contribution in [-0.4, -0.2) is 6.04 Å². The molecule has 0 saturated heterocycles. The molecule has 1 heterocycles. The van der Waals surface area contributed by atoms with Gasteiger partial charge in [0, 0.05) is 15.8 Å². The Kier molecular flexibility index (Phi) is 5.25. The van der Waals surface area contributed by atoms with Crippen molar-refractivity contribution in [3.8, 4) is 0 Å². The van der Waals surface area contributed by atoms with Crippen molar-refractivity contribution in [2.45, 2.75) is 64.8 Å². The summed E-state index contributed by atoms with van der Waals surface area (Å²) in [4.78, 5) is 3.06. The fourth-order valence-corrected chi connectivity index (χ4v) is 4.32. The predicted octanol–water partition coefficient (Wildman–Crippen LogP) is 4.40. The zero-order chi connectivity index (χ0) is 13.0. The molecule has 1 aromatic rings. The highest BCUT2D eigenvalue weighted by atomic mass is 32.1. The van der Waals surface area contributed by atoms with Crippen LogP contribution < -0.4 is 5.73 Å². The number of thiophene rings is 1. The van der Waals surface area contributed by atoms with E-state index >= 15 is 0 Å². The van der Waals surface area contributed by atoms with Crippen LogP contribution >= 0.6 is 11.3 Å². The van der Waals surface area contributed by atoms with Gasteiger partial charge in [0.15, 0.2) is 0 Å². The first-order valence-corrected chi connectivity index (χ1v) is 8.37. The quantitative estimate of drug-likeness (QED) is 0.839. The lowest BCUT2D eigenvalue weighted by Crippen LogP contribution is -2.37. The molecule has 18 heavy (non-hydrogen) atoms. The Morgan fingerprint density at radius 1 is 1.22 bits per heavy atom. The van der Waals surface area contributed by atoms with Crippen LogP contribution in [-0.2, 0) is 12.8 Å². The van der Waals surface area contributed by atoms with Crippen molar-refractivity contribution >= 4 is 11.3 Å². The van der Waals surface area contributed by atoms with E-state index in [9.17, 15) is 0 Å². The second-order valence-corrected chi connectivity index (χ2v) is 7.07. The lowest BCUT2D eigenvalue weighted by Gasteiger charge is -2.34. The maximum absolute atomic E-state index is 6.33. The van der Waals surface area contributed by atoms with Crippen LogP contribution in [0.4, 0.5) is 0 Å². The Labute approximate surface area is 116 Å². The van der Waals surface area contributed by atoms with Gasteiger partial charge in [-0.1, -0.05) is 26.7 Å². The Bertz CT molecular complexity index is 358. The zero-order valence-corrected chi connectivity index (χ0v) is 12.6. The van der Waals surface area contributed by atoms with E-state index < -0.39 is 0 Å². The summed E-state index contributed by atoms with van der Waals surface area (Å²) in [6, 6.07) is 5.04. The minimum Gasteiger partial charge on any atom is -0.327 e. The summed E-state index contributed by atoms with van der Waals surface area (Å²) in [7, 11) is 0. The molecule has 3 atom stereocenters. The van der Waals surface area contributed by atoms with Gasteiger partial charge in [-0.15, -0.1) is 11.3 Å². The second-order valence-electron chi connectivity index (χ2n) is 5.82. The second kappa shape index (κ2) is 6.72. The van der Waals surface area contributed by atoms with Crippen LogP contribution in [0.3, 0.4) is 0 Å². The van der Waals surface area contributed by atoms with Crippen LogP contribution in [0.5, 0.6) is 0 Å². The van der Waals surface area contributed by atoms with Gasteiger partial charge in [-0.05, 0) is 56.1 Å². The van der Waals surface area contributed by atoms with Gasteiger partial charge in [-0.3, -0.25) is 0 Å². The van der Waals surface area contributed by atoms with Crippen molar-refractivity contribution in [1.82, 2.24) is 0 Å². The number of aryl methyl sites for hydroxylation is 1. The van der Waals surface area contributed by atoms with E-state index in [1.165, 1.54) is 49.8 Å². The highest BCUT2D eigenvalue weighted by molar-refractivity contribution is 7.11. The topological polar surface area (TPSA) is 26.0 Å². The van der Waals surface area contributed by atoms with Gasteiger partial charge in [-0.2, -0.15) is 0 Å². The van der Waals surface area contributed by atoms with E-state index in [4.69, 9.17) is 5.73 Å². The Morgan fingerprint density at radius 2 is 2.00 bits per heavy atom. The van der Waals surface area contributed by atoms with Crippen molar-refractivity contribution in [1.29, 1.82) is 0 Å². The third-order valence-corrected chi connectivity index (χ3v) is 5.63. The average Bonchev–Trinajstić information content (AvgIpc) is 2.81. The lowest BCUT2D eigenvalue weighted by molar-refractivity contribution is 0.222. The summed E-state index contributed by atoms with van der Waals surface area (Å²) in [5.74, 6) is 1.66. The molecule has 1 aliphatic rings. The van der Waals surface area contributed by atoms with Crippen molar-refractivity contribution in [2.75, 3.05) is 0 Å². The molecule has 2 rings (SSSR count). The summed E-state index contributed by atoms with van der Waals surface area (Å²) < 4.78 is 0. The molecule has 3 unspecified atom stereocenters. The minimum absolute atomic E-state index is 0.435. The van der Waals surface area contributed by atoms with Gasteiger partial charge in [0.1, 0.15) is 0 Å². The van der Waals surface area contributed by atoms with Crippen molar-refractivity contribution < 1.29 is 0 Å². The van der Waals surface area contributed by atoms with Crippen LogP contribution in [0, 0.1) is 11.8 Å². The molecular weight excluding hydrogens is 238 g/mol. The Balaban J connectivity index is 1.93. The summed E-state index contributed by atoms with van der Waals surface area (Å²) in [5, 5.41) is 0. The number of hydrogen-bond acceptors (Lipinski definition) is 2. The number of nitrogens with two attached hydrogens (primary N) is 1. The molecule has 0 aliphatic heterocycles. The van der Waals surface area contributed by atoms with Crippen LogP contribution in [0.25, 0.3) is 0 Å². The van der Waals surface area contributed by atoms with E-state index in [-0.39, 0.29) is 0 Å². The first-order valence-electron chi connectivity index (χ1n) is 7.56. The smallest absolute Gasteiger partial charge is 0.00708 e. The standard InChI is InChI=1S/C16H27NS/c1-3-5-12-6-9-16(17)13(10-12)11-15-8-7-14(4-2)18-15/h7-8,12-13,16H,3-6,9-11,17H2,1-2H3. The predicted molar refractivity (Wildman–Crippen MR) is 81.1 cm³/mol. The summed E-state index contributed by atoms with van der Waals surface area (Å²) in [5.41, 5.74) is 6.33. The Hall–Kier alpha value is -0.340. The van der Waals surface area contributed by atoms with Gasteiger partial charge in [-0.25, -0.2) is 0 Å². The van der Waals surface area contributed by atoms with Gasteiger partial charge < -0.3 is 5.73 Å². The molecule has 0 radical (unpaired) electrons. The van der Waals surface area contributed by atoms with Crippen molar-refractivity contribution in [3.05, 3.63) is 21.9 Å². The summed E-state index contributed by atoms with van der Waals surface area (Å²) in [6.07, 6.45) is 9.05. The zero-order valence-electron chi connectivity index (χ0n) is 11.8. The molecule has 102 valence electrons. The summed E-state index contributed by atoms with van der Waals surface area (Å²) in [6.45, 7) is 4.54. The third kappa shape index (κ3) is 3.58. The summed E-state index contributed by atoms with van der Waals surface area (Å²) >= 11 is 1.99. The molecule has 1 aliphatic carbocycles. The van der Waals surface area contributed by atoms with Crippen LogP contribution in [0.15, 0.2) is 12.1 Å². The fourth-order valence-electron chi connectivity index (χ4n) is 3.27. The normalized spacial score (nSPS) is 28.5. The monoisotopic (exact) mass is 265 g/mol. The SMILES string of the molecule is CCCC1CCC(N)C(Cc2ccc(CC)s2)C1. The van der Waals surface area contributed by atoms with Gasteiger partial charge >= 0.3 is 0 Å². The van der Waals surface area contributed by atoms with Crippen molar-refractivity contribution in [2.24, 2.45) is 17.6 Å². The highest BCUT2D eigenvalue weighted by Gasteiger charge is 2.27. The molecular formula is C16H27NS. The molecule has 2 N–H and O–H groups in total. The molecule has 1 nitrogen and oxygen atoms in total. The number of rotatable bonds is 5. The van der Waals surface area contributed by atoms with Crippen LogP contribution in [0.2, 0.25) is 0 Å². The molecule has 0 spiro atoms. The molecule has 0 aromatic carbocycles. The van der Waals surface area contributed by atoms with E-state index in [1.807, 2.05) is 11.3 Å². The van der Waals surface area contributed by atoms with E-state index in [0.717, 1.165) is 11.8 Å². The first-order chi connectivity index (χ1) is 8.72. The van der Waals surface area contributed by atoms with E-state index in [1.54, 1.807) is 4.88 Å². The van der Waals surface area contributed by atoms with Gasteiger partial charge in [0.05, 0.1) is 0 Å². The van der Waals surface area contributed by atoms with Crippen molar-refractivity contribution in [3.63, 3.8) is 0 Å². The lowest BCUT2D eigenvalue weighted by atomic mass is 9.75. The van der Waals surface area contributed by atoms with Gasteiger partial charge in [0.2, 0.25) is 0 Å². The largest absolute Gasteiger partial charge is 0.327 e. The molecule has 1 saturated carbocycles. The first kappa shape index (κ1) is 14.1. The molecule has 1 fully saturated rings. The molecule has 0 bridgehead atoms. The maximum atomic E-state index is 6.33. The maximum Gasteiger partial charge on any atom is 0.00708 e.